The SMILES string of the molecule is COc1cc(-c2nnn(C3CCN(C4COC4)CC3)c2C)cn2ncc(Cl)c12. The van der Waals surface area contributed by atoms with Crippen LogP contribution in [0.2, 0.25) is 5.02 Å². The average Bonchev–Trinajstić information content (AvgIpc) is 3.23. The Balaban J connectivity index is 1.42. The van der Waals surface area contributed by atoms with Gasteiger partial charge in [-0.05, 0) is 25.8 Å². The summed E-state index contributed by atoms with van der Waals surface area (Å²) in [5.41, 5.74) is 3.58. The van der Waals surface area contributed by atoms with Gasteiger partial charge in [-0.3, -0.25) is 4.90 Å². The molecule has 0 aliphatic carbocycles. The van der Waals surface area contributed by atoms with Gasteiger partial charge in [0.2, 0.25) is 0 Å². The lowest BCUT2D eigenvalue weighted by atomic mass is 10.0. The lowest BCUT2D eigenvalue weighted by Gasteiger charge is -2.41. The quantitative estimate of drug-likeness (QED) is 0.668. The van der Waals surface area contributed by atoms with E-state index in [1.165, 1.54) is 0 Å². The fraction of sp³-hybridized carbons (Fsp3) is 0.526. The summed E-state index contributed by atoms with van der Waals surface area (Å²) >= 11 is 6.23. The van der Waals surface area contributed by atoms with Crippen molar-refractivity contribution in [1.82, 2.24) is 29.5 Å². The minimum Gasteiger partial charge on any atom is -0.494 e. The number of piperidine rings is 1. The molecule has 2 aliphatic heterocycles. The van der Waals surface area contributed by atoms with Crippen molar-refractivity contribution in [2.45, 2.75) is 31.8 Å². The Hall–Kier alpha value is -2.16. The summed E-state index contributed by atoms with van der Waals surface area (Å²) in [6.07, 6.45) is 5.70. The molecule has 0 radical (unpaired) electrons. The highest BCUT2D eigenvalue weighted by Crippen LogP contribution is 2.33. The van der Waals surface area contributed by atoms with E-state index in [4.69, 9.17) is 21.1 Å². The van der Waals surface area contributed by atoms with Crippen molar-refractivity contribution in [1.29, 1.82) is 0 Å². The molecule has 0 amide bonds. The number of hydrogen-bond donors (Lipinski definition) is 0. The first-order valence-electron chi connectivity index (χ1n) is 9.60. The van der Waals surface area contributed by atoms with Crippen molar-refractivity contribution >= 4 is 17.1 Å². The lowest BCUT2D eigenvalue weighted by molar-refractivity contribution is -0.0735. The summed E-state index contributed by atoms with van der Waals surface area (Å²) in [5, 5.41) is 13.8. The maximum absolute atomic E-state index is 6.23. The number of hydrogen-bond acceptors (Lipinski definition) is 6. The van der Waals surface area contributed by atoms with Gasteiger partial charge in [-0.1, -0.05) is 16.8 Å². The topological polar surface area (TPSA) is 69.7 Å². The molecular weight excluding hydrogens is 380 g/mol. The normalized spacial score (nSPS) is 19.2. The molecule has 148 valence electrons. The molecule has 3 aromatic heterocycles. The molecule has 2 fully saturated rings. The van der Waals surface area contributed by atoms with Gasteiger partial charge in [-0.15, -0.1) is 5.10 Å². The van der Waals surface area contributed by atoms with E-state index >= 15 is 0 Å². The molecule has 9 heteroatoms. The Morgan fingerprint density at radius 3 is 2.68 bits per heavy atom. The molecule has 0 N–H and O–H groups in total. The van der Waals surface area contributed by atoms with Crippen LogP contribution in [0.5, 0.6) is 5.75 Å². The maximum Gasteiger partial charge on any atom is 0.146 e. The third-order valence-corrected chi connectivity index (χ3v) is 6.21. The Morgan fingerprint density at radius 1 is 1.21 bits per heavy atom. The smallest absolute Gasteiger partial charge is 0.146 e. The van der Waals surface area contributed by atoms with Gasteiger partial charge < -0.3 is 9.47 Å². The second-order valence-corrected chi connectivity index (χ2v) is 7.92. The zero-order chi connectivity index (χ0) is 19.3. The summed E-state index contributed by atoms with van der Waals surface area (Å²) in [4.78, 5) is 2.54. The van der Waals surface area contributed by atoms with Crippen LogP contribution in [-0.4, -0.2) is 69.0 Å². The zero-order valence-corrected chi connectivity index (χ0v) is 16.8. The fourth-order valence-electron chi connectivity index (χ4n) is 4.22. The average molecular weight is 403 g/mol. The predicted molar refractivity (Wildman–Crippen MR) is 105 cm³/mol. The van der Waals surface area contributed by atoms with Gasteiger partial charge >= 0.3 is 0 Å². The molecule has 0 aromatic carbocycles. The molecule has 28 heavy (non-hydrogen) atoms. The number of ether oxygens (including phenoxy) is 2. The van der Waals surface area contributed by atoms with Crippen LogP contribution in [0.3, 0.4) is 0 Å². The Bertz CT molecular complexity index is 1000. The molecule has 0 saturated carbocycles. The number of likely N-dealkylation sites (tertiary alicyclic amines) is 1. The highest BCUT2D eigenvalue weighted by molar-refractivity contribution is 6.34. The highest BCUT2D eigenvalue weighted by atomic mass is 35.5. The molecule has 0 atom stereocenters. The molecule has 0 spiro atoms. The van der Waals surface area contributed by atoms with Crippen molar-refractivity contribution in [3.63, 3.8) is 0 Å². The standard InChI is InChI=1S/C19H23ClN6O2/c1-12-18(13-7-17(27-2)19-16(20)8-21-25(19)9-13)22-23-26(12)14-3-5-24(6-4-14)15-10-28-11-15/h7-9,14-15H,3-6,10-11H2,1-2H3. The van der Waals surface area contributed by atoms with E-state index in [0.29, 0.717) is 22.9 Å². The fourth-order valence-corrected chi connectivity index (χ4v) is 4.44. The molecule has 2 aliphatic rings. The van der Waals surface area contributed by atoms with Gasteiger partial charge in [0.15, 0.2) is 0 Å². The van der Waals surface area contributed by atoms with E-state index in [0.717, 1.165) is 61.6 Å². The number of aromatic nitrogens is 5. The van der Waals surface area contributed by atoms with Crippen molar-refractivity contribution in [3.05, 3.63) is 29.2 Å². The summed E-state index contributed by atoms with van der Waals surface area (Å²) < 4.78 is 14.7. The predicted octanol–water partition coefficient (Wildman–Crippen LogP) is 2.60. The minimum atomic E-state index is 0.378. The number of halogens is 1. The number of rotatable bonds is 4. The molecular formula is C19H23ClN6O2. The number of methoxy groups -OCH3 is 1. The van der Waals surface area contributed by atoms with E-state index in [2.05, 4.69) is 31.9 Å². The van der Waals surface area contributed by atoms with E-state index in [1.807, 2.05) is 12.3 Å². The van der Waals surface area contributed by atoms with Gasteiger partial charge in [0, 0.05) is 24.8 Å². The van der Waals surface area contributed by atoms with Crippen molar-refractivity contribution in [2.75, 3.05) is 33.4 Å². The van der Waals surface area contributed by atoms with Crippen molar-refractivity contribution < 1.29 is 9.47 Å². The van der Waals surface area contributed by atoms with Crippen LogP contribution in [0.25, 0.3) is 16.8 Å². The van der Waals surface area contributed by atoms with Crippen LogP contribution in [0.4, 0.5) is 0 Å². The molecule has 5 heterocycles. The first-order chi connectivity index (χ1) is 13.7. The van der Waals surface area contributed by atoms with E-state index in [-0.39, 0.29) is 0 Å². The summed E-state index contributed by atoms with van der Waals surface area (Å²) in [6.45, 7) is 5.99. The largest absolute Gasteiger partial charge is 0.494 e. The van der Waals surface area contributed by atoms with Crippen molar-refractivity contribution in [3.8, 4) is 17.0 Å². The van der Waals surface area contributed by atoms with Crippen LogP contribution >= 0.6 is 11.6 Å². The monoisotopic (exact) mass is 402 g/mol. The van der Waals surface area contributed by atoms with Gasteiger partial charge in [0.05, 0.1) is 49.3 Å². The van der Waals surface area contributed by atoms with E-state index in [9.17, 15) is 0 Å². The van der Waals surface area contributed by atoms with Crippen LogP contribution < -0.4 is 4.74 Å². The van der Waals surface area contributed by atoms with Gasteiger partial charge in [0.25, 0.3) is 0 Å². The van der Waals surface area contributed by atoms with E-state index < -0.39 is 0 Å². The number of nitrogens with zero attached hydrogens (tertiary/aromatic N) is 6. The molecule has 3 aromatic rings. The Labute approximate surface area is 168 Å². The molecule has 5 rings (SSSR count). The Morgan fingerprint density at radius 2 is 2.00 bits per heavy atom. The molecule has 8 nitrogen and oxygen atoms in total. The van der Waals surface area contributed by atoms with Gasteiger partial charge in [0.1, 0.15) is 17.0 Å². The van der Waals surface area contributed by atoms with Crippen molar-refractivity contribution in [2.24, 2.45) is 0 Å². The second-order valence-electron chi connectivity index (χ2n) is 7.51. The number of pyridine rings is 1. The molecule has 0 unspecified atom stereocenters. The summed E-state index contributed by atoms with van der Waals surface area (Å²) in [6, 6.07) is 2.93. The third kappa shape index (κ3) is 2.87. The second kappa shape index (κ2) is 7.02. The minimum absolute atomic E-state index is 0.378. The lowest BCUT2D eigenvalue weighted by Crippen LogP contribution is -2.52. The first kappa shape index (κ1) is 17.9. The van der Waals surface area contributed by atoms with Gasteiger partial charge in [-0.25, -0.2) is 9.20 Å². The van der Waals surface area contributed by atoms with Crippen LogP contribution in [-0.2, 0) is 4.74 Å². The number of fused-ring (bicyclic) bond motifs is 1. The highest BCUT2D eigenvalue weighted by Gasteiger charge is 2.31. The summed E-state index contributed by atoms with van der Waals surface area (Å²) in [5.74, 6) is 0.671. The van der Waals surface area contributed by atoms with E-state index in [1.54, 1.807) is 17.8 Å². The Kier molecular flexibility index (Phi) is 4.49. The summed E-state index contributed by atoms with van der Waals surface area (Å²) in [7, 11) is 1.63. The zero-order valence-electron chi connectivity index (χ0n) is 16.0. The molecule has 2 saturated heterocycles. The first-order valence-corrected chi connectivity index (χ1v) is 9.98. The third-order valence-electron chi connectivity index (χ3n) is 5.93. The molecule has 0 bridgehead atoms. The van der Waals surface area contributed by atoms with Gasteiger partial charge in [-0.2, -0.15) is 5.10 Å². The van der Waals surface area contributed by atoms with Crippen LogP contribution in [0, 0.1) is 6.92 Å². The maximum atomic E-state index is 6.23. The van der Waals surface area contributed by atoms with Crippen LogP contribution in [0.15, 0.2) is 18.5 Å². The van der Waals surface area contributed by atoms with Crippen LogP contribution in [0.1, 0.15) is 24.6 Å².